The highest BCUT2D eigenvalue weighted by atomic mass is 32.1. The lowest BCUT2D eigenvalue weighted by atomic mass is 9.74. The Kier molecular flexibility index (Phi) is 3.44. The van der Waals surface area contributed by atoms with E-state index < -0.39 is 0 Å². The lowest BCUT2D eigenvalue weighted by molar-refractivity contribution is -0.0987. The number of likely N-dealkylation sites (N-methyl/N-ethyl adjacent to an activating group) is 1. The maximum absolute atomic E-state index is 5.76. The van der Waals surface area contributed by atoms with Crippen molar-refractivity contribution in [2.45, 2.75) is 37.8 Å². The fraction of sp³-hybridized carbons (Fsp3) is 0.667. The van der Waals surface area contributed by atoms with Crippen LogP contribution in [0.15, 0.2) is 17.5 Å². The van der Waals surface area contributed by atoms with E-state index in [0.29, 0.717) is 6.04 Å². The van der Waals surface area contributed by atoms with Crippen LogP contribution in [-0.2, 0) is 4.74 Å². The molecular weight excluding hydrogens is 206 g/mol. The number of methoxy groups -OCH3 is 1. The van der Waals surface area contributed by atoms with Crippen molar-refractivity contribution in [2.75, 3.05) is 13.7 Å². The molecule has 0 aromatic carbocycles. The van der Waals surface area contributed by atoms with Crippen molar-refractivity contribution in [2.24, 2.45) is 0 Å². The Morgan fingerprint density at radius 2 is 2.40 bits per heavy atom. The Bertz CT molecular complexity index is 287. The molecule has 1 N–H and O–H groups in total. The second-order valence-corrected chi connectivity index (χ2v) is 5.11. The van der Waals surface area contributed by atoms with Crippen LogP contribution < -0.4 is 5.32 Å². The monoisotopic (exact) mass is 225 g/mol. The zero-order chi connectivity index (χ0) is 10.7. The minimum atomic E-state index is 0.0564. The highest BCUT2D eigenvalue weighted by Gasteiger charge is 2.45. The molecule has 0 saturated heterocycles. The molecule has 0 spiro atoms. The van der Waals surface area contributed by atoms with Crippen LogP contribution in [0.4, 0.5) is 0 Å². The van der Waals surface area contributed by atoms with Crippen molar-refractivity contribution in [3.05, 3.63) is 22.4 Å². The van der Waals surface area contributed by atoms with Gasteiger partial charge in [-0.1, -0.05) is 13.0 Å². The minimum Gasteiger partial charge on any atom is -0.376 e. The summed E-state index contributed by atoms with van der Waals surface area (Å²) < 4.78 is 5.76. The second-order valence-electron chi connectivity index (χ2n) is 4.13. The largest absolute Gasteiger partial charge is 0.376 e. The second kappa shape index (κ2) is 4.64. The van der Waals surface area contributed by atoms with Crippen LogP contribution in [0.2, 0.25) is 0 Å². The molecule has 0 radical (unpaired) electrons. The molecular formula is C12H19NOS. The summed E-state index contributed by atoms with van der Waals surface area (Å²) in [6.45, 7) is 3.15. The van der Waals surface area contributed by atoms with E-state index in [-0.39, 0.29) is 5.60 Å². The van der Waals surface area contributed by atoms with Crippen LogP contribution in [0.5, 0.6) is 0 Å². The van der Waals surface area contributed by atoms with E-state index in [0.717, 1.165) is 6.54 Å². The number of ether oxygens (including phenoxy) is 1. The van der Waals surface area contributed by atoms with Crippen LogP contribution in [0.1, 0.15) is 37.1 Å². The molecule has 1 aliphatic carbocycles. The van der Waals surface area contributed by atoms with Gasteiger partial charge in [0.1, 0.15) is 0 Å². The van der Waals surface area contributed by atoms with Crippen LogP contribution in [-0.4, -0.2) is 19.3 Å². The van der Waals surface area contributed by atoms with Crippen LogP contribution >= 0.6 is 11.3 Å². The van der Waals surface area contributed by atoms with E-state index in [1.807, 2.05) is 18.4 Å². The molecule has 1 fully saturated rings. The van der Waals surface area contributed by atoms with Gasteiger partial charge >= 0.3 is 0 Å². The maximum Gasteiger partial charge on any atom is 0.0880 e. The van der Waals surface area contributed by atoms with Crippen molar-refractivity contribution >= 4 is 11.3 Å². The molecule has 1 aromatic rings. The van der Waals surface area contributed by atoms with E-state index >= 15 is 0 Å². The van der Waals surface area contributed by atoms with E-state index in [1.54, 1.807) is 0 Å². The molecule has 84 valence electrons. The van der Waals surface area contributed by atoms with Crippen LogP contribution in [0, 0.1) is 0 Å². The third kappa shape index (κ3) is 1.96. The van der Waals surface area contributed by atoms with Crippen molar-refractivity contribution in [1.82, 2.24) is 5.32 Å². The molecule has 1 heterocycles. The average Bonchev–Trinajstić information content (AvgIpc) is 2.68. The van der Waals surface area contributed by atoms with E-state index in [2.05, 4.69) is 29.8 Å². The Morgan fingerprint density at radius 1 is 1.60 bits per heavy atom. The summed E-state index contributed by atoms with van der Waals surface area (Å²) in [6.07, 6.45) is 3.65. The molecule has 1 aromatic heterocycles. The van der Waals surface area contributed by atoms with E-state index in [1.165, 1.54) is 24.1 Å². The first-order valence-corrected chi connectivity index (χ1v) is 6.52. The summed E-state index contributed by atoms with van der Waals surface area (Å²) in [6, 6.07) is 4.70. The molecule has 1 unspecified atom stereocenters. The Labute approximate surface area is 95.6 Å². The van der Waals surface area contributed by atoms with E-state index in [4.69, 9.17) is 4.74 Å². The summed E-state index contributed by atoms with van der Waals surface area (Å²) in [5, 5.41) is 5.70. The Hall–Kier alpha value is -0.380. The minimum absolute atomic E-state index is 0.0564. The van der Waals surface area contributed by atoms with Gasteiger partial charge in [-0.2, -0.15) is 0 Å². The number of rotatable bonds is 5. The summed E-state index contributed by atoms with van der Waals surface area (Å²) in [5.74, 6) is 0. The summed E-state index contributed by atoms with van der Waals surface area (Å²) in [7, 11) is 1.84. The molecule has 3 heteroatoms. The molecule has 1 saturated carbocycles. The van der Waals surface area contributed by atoms with Gasteiger partial charge in [0, 0.05) is 12.0 Å². The Balaban J connectivity index is 2.19. The lowest BCUT2D eigenvalue weighted by Crippen LogP contribution is -2.50. The van der Waals surface area contributed by atoms with Gasteiger partial charge in [-0.05, 0) is 37.3 Å². The number of hydrogen-bond acceptors (Lipinski definition) is 3. The zero-order valence-electron chi connectivity index (χ0n) is 9.45. The molecule has 2 rings (SSSR count). The molecule has 0 bridgehead atoms. The topological polar surface area (TPSA) is 21.3 Å². The van der Waals surface area contributed by atoms with Gasteiger partial charge in [0.2, 0.25) is 0 Å². The highest BCUT2D eigenvalue weighted by Crippen LogP contribution is 2.45. The van der Waals surface area contributed by atoms with Gasteiger partial charge in [0.15, 0.2) is 0 Å². The first-order chi connectivity index (χ1) is 7.32. The van der Waals surface area contributed by atoms with Crippen LogP contribution in [0.25, 0.3) is 0 Å². The predicted octanol–water partition coefficient (Wildman–Crippen LogP) is 2.97. The Morgan fingerprint density at radius 3 is 2.80 bits per heavy atom. The predicted molar refractivity (Wildman–Crippen MR) is 64.3 cm³/mol. The quantitative estimate of drug-likeness (QED) is 0.832. The van der Waals surface area contributed by atoms with Gasteiger partial charge in [0.05, 0.1) is 11.6 Å². The molecule has 1 atom stereocenters. The SMILES string of the molecule is CCNC(c1cccs1)C1(OC)CCC1. The van der Waals surface area contributed by atoms with Gasteiger partial charge in [-0.3, -0.25) is 0 Å². The summed E-state index contributed by atoms with van der Waals surface area (Å²) in [5.41, 5.74) is 0.0564. The number of nitrogens with one attached hydrogen (secondary N) is 1. The highest BCUT2D eigenvalue weighted by molar-refractivity contribution is 7.10. The zero-order valence-corrected chi connectivity index (χ0v) is 10.3. The molecule has 0 aliphatic heterocycles. The third-order valence-electron chi connectivity index (χ3n) is 3.37. The molecule has 1 aliphatic rings. The van der Waals surface area contributed by atoms with Crippen molar-refractivity contribution in [1.29, 1.82) is 0 Å². The normalized spacial score (nSPS) is 20.9. The van der Waals surface area contributed by atoms with Crippen molar-refractivity contribution in [3.8, 4) is 0 Å². The van der Waals surface area contributed by atoms with Gasteiger partial charge in [0.25, 0.3) is 0 Å². The fourth-order valence-corrected chi connectivity index (χ4v) is 3.25. The average molecular weight is 225 g/mol. The summed E-state index contributed by atoms with van der Waals surface area (Å²) in [4.78, 5) is 1.40. The third-order valence-corrected chi connectivity index (χ3v) is 4.31. The first kappa shape index (κ1) is 11.1. The maximum atomic E-state index is 5.76. The van der Waals surface area contributed by atoms with E-state index in [9.17, 15) is 0 Å². The van der Waals surface area contributed by atoms with Gasteiger partial charge in [-0.25, -0.2) is 0 Å². The standard InChI is InChI=1S/C12H19NOS/c1-3-13-11(10-6-4-9-15-10)12(14-2)7-5-8-12/h4,6,9,11,13H,3,5,7-8H2,1-2H3. The van der Waals surface area contributed by atoms with Gasteiger partial charge < -0.3 is 10.1 Å². The fourth-order valence-electron chi connectivity index (χ4n) is 2.34. The number of thiophene rings is 1. The van der Waals surface area contributed by atoms with Crippen molar-refractivity contribution < 1.29 is 4.74 Å². The smallest absolute Gasteiger partial charge is 0.0880 e. The molecule has 2 nitrogen and oxygen atoms in total. The van der Waals surface area contributed by atoms with Crippen molar-refractivity contribution in [3.63, 3.8) is 0 Å². The van der Waals surface area contributed by atoms with Crippen LogP contribution in [0.3, 0.4) is 0 Å². The number of hydrogen-bond donors (Lipinski definition) is 1. The summed E-state index contributed by atoms with van der Waals surface area (Å²) >= 11 is 1.82. The lowest BCUT2D eigenvalue weighted by Gasteiger charge is -2.46. The molecule has 0 amide bonds. The first-order valence-electron chi connectivity index (χ1n) is 5.64. The molecule has 15 heavy (non-hydrogen) atoms. The van der Waals surface area contributed by atoms with Gasteiger partial charge in [-0.15, -0.1) is 11.3 Å².